The largest absolute Gasteiger partial charge is 0.399 e. The van der Waals surface area contributed by atoms with Crippen molar-refractivity contribution in [2.45, 2.75) is 32.6 Å². The molecule has 2 rings (SSSR count). The van der Waals surface area contributed by atoms with Crippen LogP contribution >= 0.6 is 0 Å². The Labute approximate surface area is 90.5 Å². The first kappa shape index (κ1) is 10.2. The number of carbonyl (C=O) groups is 1. The Morgan fingerprint density at radius 1 is 1.47 bits per heavy atom. The first-order valence-electron chi connectivity index (χ1n) is 5.56. The van der Waals surface area contributed by atoms with Crippen LogP contribution in [-0.4, -0.2) is 5.78 Å². The third kappa shape index (κ3) is 2.20. The second-order valence-corrected chi connectivity index (χ2v) is 4.50. The van der Waals surface area contributed by atoms with E-state index >= 15 is 0 Å². The molecule has 1 aromatic carbocycles. The van der Waals surface area contributed by atoms with E-state index in [1.54, 1.807) is 0 Å². The van der Waals surface area contributed by atoms with Crippen molar-refractivity contribution in [2.75, 3.05) is 5.73 Å². The highest BCUT2D eigenvalue weighted by Gasteiger charge is 2.21. The van der Waals surface area contributed by atoms with Crippen molar-refractivity contribution < 1.29 is 4.79 Å². The summed E-state index contributed by atoms with van der Waals surface area (Å²) in [7, 11) is 0. The van der Waals surface area contributed by atoms with Gasteiger partial charge in [0.2, 0.25) is 0 Å². The van der Waals surface area contributed by atoms with Crippen LogP contribution in [0.1, 0.15) is 41.6 Å². The van der Waals surface area contributed by atoms with Crippen molar-refractivity contribution >= 4 is 11.5 Å². The lowest BCUT2D eigenvalue weighted by atomic mass is 9.81. The maximum absolute atomic E-state index is 11.9. The molecule has 0 unspecified atom stereocenters. The van der Waals surface area contributed by atoms with Gasteiger partial charge in [0.05, 0.1) is 0 Å². The number of nitrogen functional groups attached to an aromatic ring is 1. The molecule has 0 radical (unpaired) electrons. The van der Waals surface area contributed by atoms with E-state index in [0.717, 1.165) is 16.8 Å². The van der Waals surface area contributed by atoms with Crippen molar-refractivity contribution in [3.8, 4) is 0 Å². The number of benzene rings is 1. The molecule has 80 valence electrons. The van der Waals surface area contributed by atoms with Crippen LogP contribution < -0.4 is 5.73 Å². The number of anilines is 1. The minimum Gasteiger partial charge on any atom is -0.399 e. The van der Waals surface area contributed by atoms with Gasteiger partial charge >= 0.3 is 0 Å². The molecule has 0 saturated heterocycles. The van der Waals surface area contributed by atoms with Gasteiger partial charge in [-0.1, -0.05) is 19.3 Å². The minimum absolute atomic E-state index is 0.266. The lowest BCUT2D eigenvalue weighted by molar-refractivity contribution is 0.0936. The van der Waals surface area contributed by atoms with Crippen molar-refractivity contribution in [3.05, 3.63) is 29.3 Å². The number of hydrogen-bond acceptors (Lipinski definition) is 2. The van der Waals surface area contributed by atoms with Crippen LogP contribution in [0.5, 0.6) is 0 Å². The molecular formula is C13H17NO. The van der Waals surface area contributed by atoms with E-state index < -0.39 is 0 Å². The molecule has 1 aromatic rings. The van der Waals surface area contributed by atoms with Crippen molar-refractivity contribution in [2.24, 2.45) is 5.92 Å². The highest BCUT2D eigenvalue weighted by atomic mass is 16.1. The Hall–Kier alpha value is -1.31. The van der Waals surface area contributed by atoms with Gasteiger partial charge < -0.3 is 5.73 Å². The normalized spacial score (nSPS) is 16.1. The van der Waals surface area contributed by atoms with E-state index in [-0.39, 0.29) is 5.78 Å². The van der Waals surface area contributed by atoms with Crippen molar-refractivity contribution in [1.82, 2.24) is 0 Å². The predicted molar refractivity (Wildman–Crippen MR) is 61.9 cm³/mol. The van der Waals surface area contributed by atoms with Gasteiger partial charge in [0.1, 0.15) is 0 Å². The number of aryl methyl sites for hydroxylation is 1. The number of Topliss-reactive ketones (excluding diaryl/α,β-unsaturated/α-hetero) is 1. The molecule has 1 fully saturated rings. The Morgan fingerprint density at radius 3 is 2.73 bits per heavy atom. The van der Waals surface area contributed by atoms with Gasteiger partial charge in [-0.15, -0.1) is 0 Å². The van der Waals surface area contributed by atoms with E-state index in [2.05, 4.69) is 0 Å². The van der Waals surface area contributed by atoms with E-state index in [9.17, 15) is 4.79 Å². The molecule has 0 spiro atoms. The van der Waals surface area contributed by atoms with Gasteiger partial charge in [-0.05, 0) is 36.6 Å². The minimum atomic E-state index is 0.266. The summed E-state index contributed by atoms with van der Waals surface area (Å²) in [6.07, 6.45) is 4.45. The fraction of sp³-hybridized carbons (Fsp3) is 0.462. The second kappa shape index (κ2) is 4.05. The molecule has 0 heterocycles. The summed E-state index contributed by atoms with van der Waals surface area (Å²) in [5, 5.41) is 0. The molecule has 0 aliphatic heterocycles. The Bertz CT molecular complexity index is 380. The van der Waals surface area contributed by atoms with Crippen LogP contribution in [0.25, 0.3) is 0 Å². The molecule has 15 heavy (non-hydrogen) atoms. The van der Waals surface area contributed by atoms with Crippen LogP contribution in [0.4, 0.5) is 5.69 Å². The maximum atomic E-state index is 11.9. The molecule has 0 atom stereocenters. The molecule has 1 aliphatic carbocycles. The first-order valence-corrected chi connectivity index (χ1v) is 5.56. The van der Waals surface area contributed by atoms with Crippen LogP contribution in [-0.2, 0) is 0 Å². The van der Waals surface area contributed by atoms with Crippen LogP contribution in [0, 0.1) is 12.8 Å². The Kier molecular flexibility index (Phi) is 2.76. The summed E-state index contributed by atoms with van der Waals surface area (Å²) in [5.74, 6) is 0.901. The lowest BCUT2D eigenvalue weighted by Crippen LogP contribution is -2.16. The first-order chi connectivity index (χ1) is 7.16. The number of rotatable bonds is 3. The molecule has 0 aromatic heterocycles. The highest BCUT2D eigenvalue weighted by molar-refractivity contribution is 5.96. The average Bonchev–Trinajstić information content (AvgIpc) is 2.15. The molecular weight excluding hydrogens is 186 g/mol. The zero-order chi connectivity index (χ0) is 10.8. The standard InChI is InChI=1S/C13H17NO/c1-9-7-11(5-6-12(9)14)13(15)8-10-3-2-4-10/h5-7,10H,2-4,8,14H2,1H3. The number of hydrogen-bond donors (Lipinski definition) is 1. The summed E-state index contributed by atoms with van der Waals surface area (Å²) in [4.78, 5) is 11.9. The molecule has 0 amide bonds. The van der Waals surface area contributed by atoms with Crippen LogP contribution in [0.15, 0.2) is 18.2 Å². The third-order valence-electron chi connectivity index (χ3n) is 3.29. The summed E-state index contributed by atoms with van der Waals surface area (Å²) < 4.78 is 0. The second-order valence-electron chi connectivity index (χ2n) is 4.50. The van der Waals surface area contributed by atoms with Gasteiger partial charge in [0, 0.05) is 17.7 Å². The molecule has 1 saturated carbocycles. The third-order valence-corrected chi connectivity index (χ3v) is 3.29. The predicted octanol–water partition coefficient (Wildman–Crippen LogP) is 2.95. The smallest absolute Gasteiger partial charge is 0.163 e. The van der Waals surface area contributed by atoms with Crippen molar-refractivity contribution in [1.29, 1.82) is 0 Å². The highest BCUT2D eigenvalue weighted by Crippen LogP contribution is 2.30. The maximum Gasteiger partial charge on any atom is 0.163 e. The molecule has 0 bridgehead atoms. The fourth-order valence-corrected chi connectivity index (χ4v) is 1.93. The van der Waals surface area contributed by atoms with Gasteiger partial charge in [0.15, 0.2) is 5.78 Å². The Balaban J connectivity index is 2.07. The van der Waals surface area contributed by atoms with E-state index in [1.807, 2.05) is 25.1 Å². The topological polar surface area (TPSA) is 43.1 Å². The summed E-state index contributed by atoms with van der Waals surface area (Å²) in [6.45, 7) is 1.94. The summed E-state index contributed by atoms with van der Waals surface area (Å²) >= 11 is 0. The van der Waals surface area contributed by atoms with Gasteiger partial charge in [0.25, 0.3) is 0 Å². The zero-order valence-electron chi connectivity index (χ0n) is 9.12. The Morgan fingerprint density at radius 2 is 2.20 bits per heavy atom. The lowest BCUT2D eigenvalue weighted by Gasteiger charge is -2.24. The molecule has 2 N–H and O–H groups in total. The van der Waals surface area contributed by atoms with E-state index in [1.165, 1.54) is 19.3 Å². The molecule has 1 aliphatic rings. The fourth-order valence-electron chi connectivity index (χ4n) is 1.93. The summed E-state index contributed by atoms with van der Waals surface area (Å²) in [6, 6.07) is 5.56. The average molecular weight is 203 g/mol. The van der Waals surface area contributed by atoms with Gasteiger partial charge in [-0.2, -0.15) is 0 Å². The quantitative estimate of drug-likeness (QED) is 0.606. The monoisotopic (exact) mass is 203 g/mol. The SMILES string of the molecule is Cc1cc(C(=O)CC2CCC2)ccc1N. The van der Waals surface area contributed by atoms with Crippen LogP contribution in [0.2, 0.25) is 0 Å². The zero-order valence-corrected chi connectivity index (χ0v) is 9.12. The number of carbonyl (C=O) groups excluding carboxylic acids is 1. The van der Waals surface area contributed by atoms with E-state index in [4.69, 9.17) is 5.73 Å². The van der Waals surface area contributed by atoms with Crippen molar-refractivity contribution in [3.63, 3.8) is 0 Å². The molecule has 2 nitrogen and oxygen atoms in total. The summed E-state index contributed by atoms with van der Waals surface area (Å²) in [5.41, 5.74) is 8.28. The molecule has 2 heteroatoms. The van der Waals surface area contributed by atoms with Gasteiger partial charge in [-0.25, -0.2) is 0 Å². The van der Waals surface area contributed by atoms with Gasteiger partial charge in [-0.3, -0.25) is 4.79 Å². The number of ketones is 1. The number of nitrogens with two attached hydrogens (primary N) is 1. The van der Waals surface area contributed by atoms with E-state index in [0.29, 0.717) is 12.3 Å². The van der Waals surface area contributed by atoms with Crippen LogP contribution in [0.3, 0.4) is 0 Å².